The molecule has 0 aliphatic carbocycles. The van der Waals surface area contributed by atoms with Gasteiger partial charge in [0, 0.05) is 5.69 Å². The standard InChI is InChI=1S/C17H12FNO2/c18-14-9-5-4-8-13(14)15-10-11-16(21-15)17(20)19-12-6-2-1-3-7-12/h1-11H,(H,19,20). The summed E-state index contributed by atoms with van der Waals surface area (Å²) in [4.78, 5) is 12.0. The Morgan fingerprint density at radius 2 is 1.62 bits per heavy atom. The molecule has 0 spiro atoms. The van der Waals surface area contributed by atoms with Gasteiger partial charge in [0.1, 0.15) is 11.6 Å². The highest BCUT2D eigenvalue weighted by Gasteiger charge is 2.14. The molecule has 3 rings (SSSR count). The second-order valence-electron chi connectivity index (χ2n) is 4.46. The molecular formula is C17H12FNO2. The number of benzene rings is 2. The van der Waals surface area contributed by atoms with E-state index in [1.165, 1.54) is 12.1 Å². The summed E-state index contributed by atoms with van der Waals surface area (Å²) in [7, 11) is 0. The van der Waals surface area contributed by atoms with E-state index in [1.54, 1.807) is 36.4 Å². The van der Waals surface area contributed by atoms with E-state index in [0.29, 0.717) is 17.0 Å². The van der Waals surface area contributed by atoms with Gasteiger partial charge < -0.3 is 9.73 Å². The van der Waals surface area contributed by atoms with Crippen LogP contribution in [0.1, 0.15) is 10.6 Å². The molecule has 4 heteroatoms. The average Bonchev–Trinajstić information content (AvgIpc) is 2.98. The minimum atomic E-state index is -0.387. The molecule has 0 fully saturated rings. The molecule has 104 valence electrons. The van der Waals surface area contributed by atoms with Crippen molar-refractivity contribution in [3.8, 4) is 11.3 Å². The van der Waals surface area contributed by atoms with Crippen LogP contribution >= 0.6 is 0 Å². The van der Waals surface area contributed by atoms with Gasteiger partial charge in [-0.05, 0) is 36.4 Å². The molecule has 2 aromatic carbocycles. The van der Waals surface area contributed by atoms with Crippen molar-refractivity contribution in [2.75, 3.05) is 5.32 Å². The molecule has 1 amide bonds. The molecule has 0 bridgehead atoms. The van der Waals surface area contributed by atoms with Crippen LogP contribution in [0.3, 0.4) is 0 Å². The number of hydrogen-bond acceptors (Lipinski definition) is 2. The molecule has 1 aromatic heterocycles. The first kappa shape index (κ1) is 13.1. The number of anilines is 1. The zero-order valence-electron chi connectivity index (χ0n) is 11.0. The third-order valence-corrected chi connectivity index (χ3v) is 3.00. The molecule has 0 unspecified atom stereocenters. The summed E-state index contributed by atoms with van der Waals surface area (Å²) in [5.41, 5.74) is 1.00. The first-order valence-electron chi connectivity index (χ1n) is 6.45. The molecule has 0 atom stereocenters. The topological polar surface area (TPSA) is 42.2 Å². The highest BCUT2D eigenvalue weighted by atomic mass is 19.1. The Labute approximate surface area is 121 Å². The number of carbonyl (C=O) groups excluding carboxylic acids is 1. The lowest BCUT2D eigenvalue weighted by Gasteiger charge is -2.02. The molecule has 3 nitrogen and oxygen atoms in total. The zero-order chi connectivity index (χ0) is 14.7. The highest BCUT2D eigenvalue weighted by Crippen LogP contribution is 2.25. The molecule has 1 heterocycles. The van der Waals surface area contributed by atoms with Crippen molar-refractivity contribution in [1.82, 2.24) is 0 Å². The second kappa shape index (κ2) is 5.63. The fourth-order valence-corrected chi connectivity index (χ4v) is 1.98. The van der Waals surface area contributed by atoms with Crippen LogP contribution in [-0.2, 0) is 0 Å². The van der Waals surface area contributed by atoms with Crippen molar-refractivity contribution in [2.24, 2.45) is 0 Å². The van der Waals surface area contributed by atoms with Gasteiger partial charge in [0.25, 0.3) is 5.91 Å². The smallest absolute Gasteiger partial charge is 0.291 e. The lowest BCUT2D eigenvalue weighted by molar-refractivity contribution is 0.0997. The highest BCUT2D eigenvalue weighted by molar-refractivity contribution is 6.02. The van der Waals surface area contributed by atoms with Crippen molar-refractivity contribution in [3.05, 3.63) is 78.3 Å². The van der Waals surface area contributed by atoms with E-state index in [0.717, 1.165) is 0 Å². The van der Waals surface area contributed by atoms with Crippen LogP contribution in [0.25, 0.3) is 11.3 Å². The molecular weight excluding hydrogens is 269 g/mol. The van der Waals surface area contributed by atoms with E-state index in [4.69, 9.17) is 4.42 Å². The Kier molecular flexibility index (Phi) is 3.51. The van der Waals surface area contributed by atoms with Gasteiger partial charge in [0.05, 0.1) is 5.56 Å². The normalized spacial score (nSPS) is 10.3. The first-order chi connectivity index (χ1) is 10.2. The van der Waals surface area contributed by atoms with E-state index >= 15 is 0 Å². The number of furan rings is 1. The maximum Gasteiger partial charge on any atom is 0.291 e. The zero-order valence-corrected chi connectivity index (χ0v) is 11.0. The van der Waals surface area contributed by atoms with Crippen molar-refractivity contribution < 1.29 is 13.6 Å². The molecule has 0 aliphatic rings. The van der Waals surface area contributed by atoms with Crippen LogP contribution < -0.4 is 5.32 Å². The first-order valence-corrected chi connectivity index (χ1v) is 6.45. The van der Waals surface area contributed by atoms with Crippen LogP contribution in [0, 0.1) is 5.82 Å². The number of halogens is 1. The van der Waals surface area contributed by atoms with Crippen molar-refractivity contribution in [1.29, 1.82) is 0 Å². The number of hydrogen-bond donors (Lipinski definition) is 1. The Bertz CT molecular complexity index is 765. The lowest BCUT2D eigenvalue weighted by atomic mass is 10.1. The number of amides is 1. The van der Waals surface area contributed by atoms with Crippen molar-refractivity contribution in [3.63, 3.8) is 0 Å². The number of rotatable bonds is 3. The van der Waals surface area contributed by atoms with Crippen LogP contribution in [0.5, 0.6) is 0 Å². The molecule has 21 heavy (non-hydrogen) atoms. The fourth-order valence-electron chi connectivity index (χ4n) is 1.98. The third kappa shape index (κ3) is 2.84. The lowest BCUT2D eigenvalue weighted by Crippen LogP contribution is -2.10. The van der Waals surface area contributed by atoms with Gasteiger partial charge >= 0.3 is 0 Å². The Hall–Kier alpha value is -2.88. The van der Waals surface area contributed by atoms with Crippen LogP contribution in [-0.4, -0.2) is 5.91 Å². The summed E-state index contributed by atoms with van der Waals surface area (Å²) in [6, 6.07) is 18.4. The predicted octanol–water partition coefficient (Wildman–Crippen LogP) is 4.34. The number of nitrogens with one attached hydrogen (secondary N) is 1. The minimum absolute atomic E-state index is 0.136. The molecule has 0 saturated heterocycles. The van der Waals surface area contributed by atoms with E-state index < -0.39 is 0 Å². The monoisotopic (exact) mass is 281 g/mol. The maximum absolute atomic E-state index is 13.7. The second-order valence-corrected chi connectivity index (χ2v) is 4.46. The van der Waals surface area contributed by atoms with Gasteiger partial charge in [-0.25, -0.2) is 4.39 Å². The Balaban J connectivity index is 1.82. The average molecular weight is 281 g/mol. The quantitative estimate of drug-likeness (QED) is 0.776. The maximum atomic E-state index is 13.7. The number of para-hydroxylation sites is 1. The van der Waals surface area contributed by atoms with Gasteiger partial charge in [-0.3, -0.25) is 4.79 Å². The van der Waals surface area contributed by atoms with Crippen molar-refractivity contribution in [2.45, 2.75) is 0 Å². The van der Waals surface area contributed by atoms with Crippen molar-refractivity contribution >= 4 is 11.6 Å². The Morgan fingerprint density at radius 3 is 2.38 bits per heavy atom. The number of carbonyl (C=O) groups is 1. The SMILES string of the molecule is O=C(Nc1ccccc1)c1ccc(-c2ccccc2F)o1. The van der Waals surface area contributed by atoms with E-state index in [-0.39, 0.29) is 17.5 Å². The summed E-state index contributed by atoms with van der Waals surface area (Å²) in [5, 5.41) is 2.71. The van der Waals surface area contributed by atoms with E-state index in [1.807, 2.05) is 18.2 Å². The molecule has 0 radical (unpaired) electrons. The van der Waals surface area contributed by atoms with Crippen LogP contribution in [0.2, 0.25) is 0 Å². The summed E-state index contributed by atoms with van der Waals surface area (Å²) >= 11 is 0. The third-order valence-electron chi connectivity index (χ3n) is 3.00. The van der Waals surface area contributed by atoms with E-state index in [9.17, 15) is 9.18 Å². The van der Waals surface area contributed by atoms with Gasteiger partial charge in [0.2, 0.25) is 0 Å². The summed E-state index contributed by atoms with van der Waals surface area (Å²) in [6.07, 6.45) is 0. The Morgan fingerprint density at radius 1 is 0.905 bits per heavy atom. The summed E-state index contributed by atoms with van der Waals surface area (Å²) in [5.74, 6) is -0.297. The fraction of sp³-hybridized carbons (Fsp3) is 0. The van der Waals surface area contributed by atoms with Gasteiger partial charge in [0.15, 0.2) is 5.76 Å². The van der Waals surface area contributed by atoms with Gasteiger partial charge in [-0.2, -0.15) is 0 Å². The summed E-state index contributed by atoms with van der Waals surface area (Å²) in [6.45, 7) is 0. The van der Waals surface area contributed by atoms with E-state index in [2.05, 4.69) is 5.32 Å². The van der Waals surface area contributed by atoms with Gasteiger partial charge in [-0.1, -0.05) is 30.3 Å². The molecule has 0 saturated carbocycles. The predicted molar refractivity (Wildman–Crippen MR) is 78.5 cm³/mol. The molecule has 1 N–H and O–H groups in total. The molecule has 0 aliphatic heterocycles. The summed E-state index contributed by atoms with van der Waals surface area (Å²) < 4.78 is 19.1. The molecule has 3 aromatic rings. The van der Waals surface area contributed by atoms with Crippen LogP contribution in [0.15, 0.2) is 71.1 Å². The van der Waals surface area contributed by atoms with Crippen LogP contribution in [0.4, 0.5) is 10.1 Å². The largest absolute Gasteiger partial charge is 0.451 e. The minimum Gasteiger partial charge on any atom is -0.451 e. The van der Waals surface area contributed by atoms with Gasteiger partial charge in [-0.15, -0.1) is 0 Å².